The number of nitrogens with one attached hydrogen (secondary N) is 1. The largest absolute Gasteiger partial charge is 0.452 e. The number of ether oxygens (including phenoxy) is 1. The molecule has 1 aliphatic heterocycles. The first-order valence-corrected chi connectivity index (χ1v) is 9.14. The van der Waals surface area contributed by atoms with Crippen LogP contribution in [0.25, 0.3) is 6.08 Å². The highest BCUT2D eigenvalue weighted by molar-refractivity contribution is 5.94. The van der Waals surface area contributed by atoms with Gasteiger partial charge in [0, 0.05) is 30.5 Å². The number of carbonyl (C=O) groups is 2. The highest BCUT2D eigenvalue weighted by atomic mass is 16.5. The van der Waals surface area contributed by atoms with Crippen molar-refractivity contribution in [3.8, 4) is 6.07 Å². The molecule has 0 radical (unpaired) electrons. The highest BCUT2D eigenvalue weighted by Crippen LogP contribution is 2.21. The second-order valence-corrected chi connectivity index (χ2v) is 6.46. The van der Waals surface area contributed by atoms with Crippen LogP contribution >= 0.6 is 0 Å². The van der Waals surface area contributed by atoms with Gasteiger partial charge >= 0.3 is 5.97 Å². The smallest absolute Gasteiger partial charge is 0.331 e. The molecular formula is C22H21N3O3. The van der Waals surface area contributed by atoms with E-state index in [0.717, 1.165) is 24.3 Å². The quantitative estimate of drug-likeness (QED) is 0.618. The zero-order valence-corrected chi connectivity index (χ0v) is 15.4. The van der Waals surface area contributed by atoms with Crippen LogP contribution in [-0.4, -0.2) is 31.6 Å². The summed E-state index contributed by atoms with van der Waals surface area (Å²) in [7, 11) is 0. The third-order valence-electron chi connectivity index (χ3n) is 4.42. The summed E-state index contributed by atoms with van der Waals surface area (Å²) in [6.07, 6.45) is 5.24. The fourth-order valence-electron chi connectivity index (χ4n) is 2.95. The monoisotopic (exact) mass is 375 g/mol. The lowest BCUT2D eigenvalue weighted by Crippen LogP contribution is -2.20. The molecule has 28 heavy (non-hydrogen) atoms. The van der Waals surface area contributed by atoms with E-state index in [1.165, 1.54) is 18.9 Å². The number of nitriles is 1. The molecule has 1 fully saturated rings. The van der Waals surface area contributed by atoms with Crippen LogP contribution in [0.3, 0.4) is 0 Å². The van der Waals surface area contributed by atoms with Crippen LogP contribution in [0.2, 0.25) is 0 Å². The maximum Gasteiger partial charge on any atom is 0.331 e. The van der Waals surface area contributed by atoms with Crippen molar-refractivity contribution in [2.75, 3.05) is 29.9 Å². The first kappa shape index (κ1) is 19.2. The van der Waals surface area contributed by atoms with Gasteiger partial charge < -0.3 is 15.0 Å². The Labute approximate surface area is 164 Å². The second kappa shape index (κ2) is 9.38. The SMILES string of the molecule is N#Cc1ccc(/C=C/C(=O)OCC(=O)Nc2ccc(N3CCCC3)cc2)cc1. The van der Waals surface area contributed by atoms with Crippen molar-refractivity contribution in [3.63, 3.8) is 0 Å². The summed E-state index contributed by atoms with van der Waals surface area (Å²) < 4.78 is 4.95. The first-order valence-electron chi connectivity index (χ1n) is 9.14. The fraction of sp³-hybridized carbons (Fsp3) is 0.227. The summed E-state index contributed by atoms with van der Waals surface area (Å²) >= 11 is 0. The minimum Gasteiger partial charge on any atom is -0.452 e. The topological polar surface area (TPSA) is 82.4 Å². The Bertz CT molecular complexity index is 890. The van der Waals surface area contributed by atoms with Gasteiger partial charge in [0.05, 0.1) is 11.6 Å². The van der Waals surface area contributed by atoms with Crippen LogP contribution in [0.15, 0.2) is 54.6 Å². The number of anilines is 2. The summed E-state index contributed by atoms with van der Waals surface area (Å²) in [5.74, 6) is -1.00. The molecule has 1 heterocycles. The lowest BCUT2D eigenvalue weighted by atomic mass is 10.1. The number of carbonyl (C=O) groups excluding carboxylic acids is 2. The van der Waals surface area contributed by atoms with E-state index >= 15 is 0 Å². The van der Waals surface area contributed by atoms with Crippen LogP contribution in [0.1, 0.15) is 24.0 Å². The van der Waals surface area contributed by atoms with E-state index in [1.807, 2.05) is 30.3 Å². The standard InChI is InChI=1S/C22H21N3O3/c23-15-18-5-3-17(4-6-18)7-12-22(27)28-16-21(26)24-19-8-10-20(11-9-19)25-13-1-2-14-25/h3-12H,1-2,13-14,16H2,(H,24,26)/b12-7+. The third kappa shape index (κ3) is 5.45. The normalized spacial score (nSPS) is 13.3. The van der Waals surface area contributed by atoms with Crippen LogP contribution in [0.4, 0.5) is 11.4 Å². The van der Waals surface area contributed by atoms with Crippen molar-refractivity contribution >= 4 is 29.3 Å². The molecule has 0 atom stereocenters. The molecule has 0 aromatic heterocycles. The molecule has 0 saturated carbocycles. The van der Waals surface area contributed by atoms with Gasteiger partial charge in [0.25, 0.3) is 5.91 Å². The summed E-state index contributed by atoms with van der Waals surface area (Å²) in [6.45, 7) is 1.78. The fourth-order valence-corrected chi connectivity index (χ4v) is 2.95. The zero-order chi connectivity index (χ0) is 19.8. The van der Waals surface area contributed by atoms with Gasteiger partial charge in [-0.05, 0) is 60.9 Å². The van der Waals surface area contributed by atoms with E-state index in [4.69, 9.17) is 10.00 Å². The van der Waals surface area contributed by atoms with Gasteiger partial charge in [-0.25, -0.2) is 4.79 Å². The average Bonchev–Trinajstić information content (AvgIpc) is 3.26. The number of hydrogen-bond acceptors (Lipinski definition) is 5. The second-order valence-electron chi connectivity index (χ2n) is 6.46. The van der Waals surface area contributed by atoms with Crippen LogP contribution in [0, 0.1) is 11.3 Å². The van der Waals surface area contributed by atoms with Crippen LogP contribution in [0.5, 0.6) is 0 Å². The van der Waals surface area contributed by atoms with Gasteiger partial charge in [0.2, 0.25) is 0 Å². The Morgan fingerprint density at radius 3 is 2.39 bits per heavy atom. The summed E-state index contributed by atoms with van der Waals surface area (Å²) in [6, 6.07) is 16.4. The van der Waals surface area contributed by atoms with Gasteiger partial charge in [-0.15, -0.1) is 0 Å². The number of hydrogen-bond donors (Lipinski definition) is 1. The summed E-state index contributed by atoms with van der Waals surface area (Å²) in [5, 5.41) is 11.5. The maximum atomic E-state index is 11.9. The highest BCUT2D eigenvalue weighted by Gasteiger charge is 2.12. The Kier molecular flexibility index (Phi) is 6.42. The van der Waals surface area contributed by atoms with Crippen molar-refractivity contribution in [3.05, 3.63) is 65.7 Å². The molecule has 3 rings (SSSR count). The number of rotatable bonds is 6. The van der Waals surface area contributed by atoms with E-state index in [1.54, 1.807) is 30.3 Å². The third-order valence-corrected chi connectivity index (χ3v) is 4.42. The first-order chi connectivity index (χ1) is 13.6. The maximum absolute atomic E-state index is 11.9. The zero-order valence-electron chi connectivity index (χ0n) is 15.4. The van der Waals surface area contributed by atoms with Gasteiger partial charge in [-0.1, -0.05) is 12.1 Å². The molecule has 1 amide bonds. The van der Waals surface area contributed by atoms with Gasteiger partial charge in [0.15, 0.2) is 6.61 Å². The lowest BCUT2D eigenvalue weighted by molar-refractivity contribution is -0.142. The van der Waals surface area contributed by atoms with Crippen LogP contribution < -0.4 is 10.2 Å². The van der Waals surface area contributed by atoms with Gasteiger partial charge in [-0.2, -0.15) is 5.26 Å². The van der Waals surface area contributed by atoms with Crippen molar-refractivity contribution in [2.45, 2.75) is 12.8 Å². The molecule has 6 nitrogen and oxygen atoms in total. The van der Waals surface area contributed by atoms with Gasteiger partial charge in [-0.3, -0.25) is 4.79 Å². The number of nitrogens with zero attached hydrogens (tertiary/aromatic N) is 2. The predicted octanol–water partition coefficient (Wildman–Crippen LogP) is 3.35. The van der Waals surface area contributed by atoms with Crippen LogP contribution in [-0.2, 0) is 14.3 Å². The predicted molar refractivity (Wildman–Crippen MR) is 108 cm³/mol. The van der Waals surface area contributed by atoms with Crippen molar-refractivity contribution in [1.29, 1.82) is 5.26 Å². The number of amides is 1. The number of esters is 1. The van der Waals surface area contributed by atoms with Crippen molar-refractivity contribution in [2.24, 2.45) is 0 Å². The van der Waals surface area contributed by atoms with E-state index in [2.05, 4.69) is 10.2 Å². The van der Waals surface area contributed by atoms with E-state index in [0.29, 0.717) is 11.3 Å². The minimum atomic E-state index is -0.608. The Morgan fingerprint density at radius 1 is 1.07 bits per heavy atom. The Hall–Kier alpha value is -3.59. The number of benzene rings is 2. The Balaban J connectivity index is 1.43. The average molecular weight is 375 g/mol. The van der Waals surface area contributed by atoms with E-state index in [9.17, 15) is 9.59 Å². The van der Waals surface area contributed by atoms with E-state index in [-0.39, 0.29) is 6.61 Å². The summed E-state index contributed by atoms with van der Waals surface area (Å²) in [5.41, 5.74) is 3.12. The van der Waals surface area contributed by atoms with Crippen molar-refractivity contribution in [1.82, 2.24) is 0 Å². The molecule has 6 heteroatoms. The summed E-state index contributed by atoms with van der Waals surface area (Å²) in [4.78, 5) is 26.0. The molecule has 0 spiro atoms. The molecule has 1 saturated heterocycles. The molecule has 1 N–H and O–H groups in total. The molecule has 0 aliphatic carbocycles. The lowest BCUT2D eigenvalue weighted by Gasteiger charge is -2.17. The van der Waals surface area contributed by atoms with Gasteiger partial charge in [0.1, 0.15) is 0 Å². The molecule has 2 aromatic carbocycles. The molecule has 0 bridgehead atoms. The van der Waals surface area contributed by atoms with Crippen molar-refractivity contribution < 1.29 is 14.3 Å². The molecule has 0 unspecified atom stereocenters. The molecule has 1 aliphatic rings. The molecule has 2 aromatic rings. The minimum absolute atomic E-state index is 0.357. The van der Waals surface area contributed by atoms with E-state index < -0.39 is 11.9 Å². The molecule has 142 valence electrons. The Morgan fingerprint density at radius 2 is 1.75 bits per heavy atom. The molecular weight excluding hydrogens is 354 g/mol.